The molecule has 2 aliphatic carbocycles. The molecular formula is C31H32BrCl2NO5. The molecule has 0 unspecified atom stereocenters. The number of ketones is 2. The molecule has 9 heteroatoms. The Kier molecular flexibility index (Phi) is 9.25. The number of nitrogens with zero attached hydrogens (tertiary/aromatic N) is 1. The van der Waals surface area contributed by atoms with E-state index in [1.54, 1.807) is 26.4 Å². The van der Waals surface area contributed by atoms with Crippen LogP contribution in [0.4, 0.5) is 0 Å². The lowest BCUT2D eigenvalue weighted by atomic mass is 9.71. The molecule has 0 radical (unpaired) electrons. The lowest BCUT2D eigenvalue weighted by molar-refractivity contribution is -0.117. The average molecular weight is 649 g/mol. The maximum Gasteiger partial charge on any atom is 0.175 e. The first-order valence-corrected chi connectivity index (χ1v) is 15.1. The average Bonchev–Trinajstić information content (AvgIpc) is 2.94. The number of carbonyl (C=O) groups is 2. The molecule has 0 N–H and O–H groups in total. The van der Waals surface area contributed by atoms with E-state index in [1.165, 1.54) is 0 Å². The molecule has 0 atom stereocenters. The van der Waals surface area contributed by atoms with Crippen LogP contribution in [0.5, 0.6) is 11.5 Å². The maximum absolute atomic E-state index is 13.6. The molecule has 5 rings (SSSR count). The highest BCUT2D eigenvalue weighted by atomic mass is 79.9. The minimum absolute atomic E-state index is 0.114. The summed E-state index contributed by atoms with van der Waals surface area (Å²) in [5.41, 5.74) is 5.31. The van der Waals surface area contributed by atoms with Crippen LogP contribution in [0.25, 0.3) is 0 Å². The summed E-state index contributed by atoms with van der Waals surface area (Å²) in [4.78, 5) is 29.4. The van der Waals surface area contributed by atoms with Crippen LogP contribution in [0.3, 0.4) is 0 Å². The lowest BCUT2D eigenvalue weighted by Crippen LogP contribution is -2.39. The molecule has 3 aliphatic rings. The third-order valence-electron chi connectivity index (χ3n) is 7.77. The number of methoxy groups -OCH3 is 2. The number of allylic oxidation sites excluding steroid dienone is 4. The number of Topliss-reactive ketones (excluding diaryl/α,β-unsaturated/α-hetero) is 2. The topological polar surface area (TPSA) is 65.1 Å². The van der Waals surface area contributed by atoms with Crippen molar-refractivity contribution in [3.05, 3.63) is 78.5 Å². The Labute approximate surface area is 253 Å². The fourth-order valence-corrected chi connectivity index (χ4v) is 6.91. The number of halogens is 3. The van der Waals surface area contributed by atoms with Crippen LogP contribution in [-0.2, 0) is 20.9 Å². The molecule has 2 aromatic rings. The normalized spacial score (nSPS) is 17.8. The van der Waals surface area contributed by atoms with Gasteiger partial charge in [-0.3, -0.25) is 9.59 Å². The number of hydrogen-bond donors (Lipinski definition) is 0. The Morgan fingerprint density at radius 3 is 2.20 bits per heavy atom. The molecule has 0 amide bonds. The molecule has 1 heterocycles. The van der Waals surface area contributed by atoms with Gasteiger partial charge < -0.3 is 19.1 Å². The van der Waals surface area contributed by atoms with Crippen molar-refractivity contribution in [1.29, 1.82) is 0 Å². The highest BCUT2D eigenvalue weighted by Crippen LogP contribution is 2.51. The third kappa shape index (κ3) is 5.71. The molecule has 0 bridgehead atoms. The van der Waals surface area contributed by atoms with Crippen LogP contribution in [0.2, 0.25) is 10.0 Å². The van der Waals surface area contributed by atoms with Gasteiger partial charge in [0.25, 0.3) is 0 Å². The number of carbonyl (C=O) groups excluding carboxylic acids is 2. The van der Waals surface area contributed by atoms with Gasteiger partial charge >= 0.3 is 0 Å². The SMILES string of the molecule is COCCCN1C2=C(C(=O)CCC2)C(c2cc(Br)c(OCc3ccc(Cl)c(Cl)c3)c(OC)c2)C2=C1CCCC2=O. The molecule has 1 aliphatic heterocycles. The molecule has 0 saturated carbocycles. The fourth-order valence-electron chi connectivity index (χ4n) is 6.02. The van der Waals surface area contributed by atoms with Crippen molar-refractivity contribution in [3.63, 3.8) is 0 Å². The van der Waals surface area contributed by atoms with E-state index in [9.17, 15) is 9.59 Å². The summed E-state index contributed by atoms with van der Waals surface area (Å²) in [6, 6.07) is 9.22. The van der Waals surface area contributed by atoms with E-state index in [1.807, 2.05) is 18.2 Å². The summed E-state index contributed by atoms with van der Waals surface area (Å²) in [5.74, 6) is 0.843. The number of hydrogen-bond acceptors (Lipinski definition) is 6. The van der Waals surface area contributed by atoms with Crippen molar-refractivity contribution in [2.24, 2.45) is 0 Å². The Morgan fingerprint density at radius 2 is 1.60 bits per heavy atom. The first kappa shape index (κ1) is 29.2. The molecule has 40 heavy (non-hydrogen) atoms. The highest BCUT2D eigenvalue weighted by Gasteiger charge is 2.43. The summed E-state index contributed by atoms with van der Waals surface area (Å²) < 4.78 is 17.9. The van der Waals surface area contributed by atoms with Crippen LogP contribution in [0.15, 0.2) is 57.3 Å². The van der Waals surface area contributed by atoms with Crippen molar-refractivity contribution < 1.29 is 23.8 Å². The summed E-state index contributed by atoms with van der Waals surface area (Å²) >= 11 is 15.9. The molecule has 6 nitrogen and oxygen atoms in total. The van der Waals surface area contributed by atoms with E-state index in [2.05, 4.69) is 20.8 Å². The minimum Gasteiger partial charge on any atom is -0.493 e. The van der Waals surface area contributed by atoms with Crippen LogP contribution in [0, 0.1) is 0 Å². The lowest BCUT2D eigenvalue weighted by Gasteiger charge is -2.44. The molecule has 2 aromatic carbocycles. The van der Waals surface area contributed by atoms with Gasteiger partial charge in [0, 0.05) is 61.6 Å². The van der Waals surface area contributed by atoms with Crippen molar-refractivity contribution in [2.45, 2.75) is 57.5 Å². The first-order valence-electron chi connectivity index (χ1n) is 13.6. The van der Waals surface area contributed by atoms with Gasteiger partial charge in [0.15, 0.2) is 23.1 Å². The quantitative estimate of drug-likeness (QED) is 0.259. The molecule has 0 saturated heterocycles. The fraction of sp³-hybridized carbons (Fsp3) is 0.419. The van der Waals surface area contributed by atoms with Crippen LogP contribution < -0.4 is 9.47 Å². The second-order valence-corrected chi connectivity index (χ2v) is 11.9. The Morgan fingerprint density at radius 1 is 0.925 bits per heavy atom. The zero-order valence-electron chi connectivity index (χ0n) is 22.7. The van der Waals surface area contributed by atoms with Gasteiger partial charge in [0.2, 0.25) is 0 Å². The largest absolute Gasteiger partial charge is 0.493 e. The summed E-state index contributed by atoms with van der Waals surface area (Å²) in [5, 5.41) is 0.940. The van der Waals surface area contributed by atoms with Gasteiger partial charge in [-0.15, -0.1) is 0 Å². The zero-order chi connectivity index (χ0) is 28.4. The standard InChI is InChI=1S/C31H32BrCl2NO5/c1-38-13-5-12-35-23-6-3-8-25(36)29(23)28(30-24(35)7-4-9-26(30)37)19-15-20(32)31(27(16-19)39-2)40-17-18-10-11-21(33)22(34)14-18/h10-11,14-16,28H,3-9,12-13,17H2,1-2H3. The van der Waals surface area contributed by atoms with Crippen molar-refractivity contribution in [3.8, 4) is 11.5 Å². The molecule has 0 spiro atoms. The third-order valence-corrected chi connectivity index (χ3v) is 9.10. The molecule has 0 fully saturated rings. The Hall–Kier alpha value is -2.32. The van der Waals surface area contributed by atoms with E-state index in [0.29, 0.717) is 45.5 Å². The van der Waals surface area contributed by atoms with Gasteiger partial charge in [0.1, 0.15) is 6.61 Å². The predicted octanol–water partition coefficient (Wildman–Crippen LogP) is 7.79. The number of rotatable bonds is 9. The molecular weight excluding hydrogens is 617 g/mol. The van der Waals surface area contributed by atoms with Crippen molar-refractivity contribution >= 4 is 50.7 Å². The van der Waals surface area contributed by atoms with Crippen LogP contribution in [-0.4, -0.2) is 43.8 Å². The van der Waals surface area contributed by atoms with E-state index < -0.39 is 5.92 Å². The highest BCUT2D eigenvalue weighted by molar-refractivity contribution is 9.10. The van der Waals surface area contributed by atoms with Gasteiger partial charge in [-0.25, -0.2) is 0 Å². The van der Waals surface area contributed by atoms with Gasteiger partial charge in [-0.1, -0.05) is 29.3 Å². The molecule has 212 valence electrons. The second-order valence-electron chi connectivity index (χ2n) is 10.3. The van der Waals surface area contributed by atoms with Gasteiger partial charge in [-0.05, 0) is 83.4 Å². The number of benzene rings is 2. The van der Waals surface area contributed by atoms with E-state index in [4.69, 9.17) is 37.4 Å². The van der Waals surface area contributed by atoms with Crippen molar-refractivity contribution in [2.75, 3.05) is 27.4 Å². The van der Waals surface area contributed by atoms with Gasteiger partial charge in [0.05, 0.1) is 21.6 Å². The summed E-state index contributed by atoms with van der Waals surface area (Å²) in [7, 11) is 3.28. The van der Waals surface area contributed by atoms with Crippen LogP contribution in [0.1, 0.15) is 62.0 Å². The van der Waals surface area contributed by atoms with Crippen molar-refractivity contribution in [1.82, 2.24) is 4.90 Å². The van der Waals surface area contributed by atoms with Gasteiger partial charge in [-0.2, -0.15) is 0 Å². The zero-order valence-corrected chi connectivity index (χ0v) is 25.8. The Bertz CT molecular complexity index is 1360. The maximum atomic E-state index is 13.6. The predicted molar refractivity (Wildman–Crippen MR) is 159 cm³/mol. The second kappa shape index (κ2) is 12.7. The molecule has 0 aromatic heterocycles. The number of ether oxygens (including phenoxy) is 3. The van der Waals surface area contributed by atoms with E-state index in [0.717, 1.165) is 72.3 Å². The smallest absolute Gasteiger partial charge is 0.175 e. The summed E-state index contributed by atoms with van der Waals surface area (Å²) in [6.45, 7) is 1.61. The van der Waals surface area contributed by atoms with E-state index >= 15 is 0 Å². The first-order chi connectivity index (χ1) is 19.3. The monoisotopic (exact) mass is 647 g/mol. The van der Waals surface area contributed by atoms with E-state index in [-0.39, 0.29) is 18.2 Å². The summed E-state index contributed by atoms with van der Waals surface area (Å²) in [6.07, 6.45) is 5.06. The minimum atomic E-state index is -0.432. The van der Waals surface area contributed by atoms with Crippen LogP contribution >= 0.6 is 39.1 Å². The Balaban J connectivity index is 1.56.